The first-order chi connectivity index (χ1) is 15.0. The molecule has 0 radical (unpaired) electrons. The van der Waals surface area contributed by atoms with Crippen molar-refractivity contribution in [3.63, 3.8) is 0 Å². The first-order valence-corrected chi connectivity index (χ1v) is 9.54. The molecule has 7 heteroatoms. The fourth-order valence-electron chi connectivity index (χ4n) is 2.83. The highest BCUT2D eigenvalue weighted by Gasteiger charge is 2.14. The molecule has 0 bridgehead atoms. The molecule has 158 valence electrons. The van der Waals surface area contributed by atoms with E-state index in [1.807, 2.05) is 0 Å². The number of rotatable bonds is 8. The number of hydrogen-bond donors (Lipinski definition) is 2. The SMILES string of the molecule is COc1cccc(NC(=O)c2ccccc2NC(=O)COc2cccc(C(C)=O)c2)c1. The number of methoxy groups -OCH3 is 1. The minimum absolute atomic E-state index is 0.0918. The highest BCUT2D eigenvalue weighted by Crippen LogP contribution is 2.21. The summed E-state index contributed by atoms with van der Waals surface area (Å²) in [6.45, 7) is 1.19. The van der Waals surface area contributed by atoms with Crippen molar-refractivity contribution in [2.24, 2.45) is 0 Å². The minimum Gasteiger partial charge on any atom is -0.497 e. The van der Waals surface area contributed by atoms with Gasteiger partial charge in [-0.25, -0.2) is 0 Å². The first kappa shape index (κ1) is 21.6. The summed E-state index contributed by atoms with van der Waals surface area (Å²) in [5, 5.41) is 5.48. The van der Waals surface area contributed by atoms with E-state index in [2.05, 4.69) is 10.6 Å². The Morgan fingerprint density at radius 3 is 2.35 bits per heavy atom. The second-order valence-corrected chi connectivity index (χ2v) is 6.65. The Hall–Kier alpha value is -4.13. The molecule has 0 saturated heterocycles. The zero-order valence-electron chi connectivity index (χ0n) is 17.2. The predicted octanol–water partition coefficient (Wildman–Crippen LogP) is 4.17. The Bertz CT molecular complexity index is 1110. The van der Waals surface area contributed by atoms with Gasteiger partial charge in [-0.3, -0.25) is 14.4 Å². The number of anilines is 2. The highest BCUT2D eigenvalue weighted by molar-refractivity contribution is 6.10. The van der Waals surface area contributed by atoms with Crippen LogP contribution in [0.5, 0.6) is 11.5 Å². The molecule has 0 fully saturated rings. The number of ether oxygens (including phenoxy) is 2. The van der Waals surface area contributed by atoms with Gasteiger partial charge in [-0.1, -0.05) is 30.3 Å². The largest absolute Gasteiger partial charge is 0.497 e. The van der Waals surface area contributed by atoms with Crippen LogP contribution in [-0.2, 0) is 4.79 Å². The van der Waals surface area contributed by atoms with Gasteiger partial charge in [-0.2, -0.15) is 0 Å². The number of nitrogens with one attached hydrogen (secondary N) is 2. The molecule has 0 aromatic heterocycles. The Labute approximate surface area is 180 Å². The quantitative estimate of drug-likeness (QED) is 0.536. The van der Waals surface area contributed by atoms with Gasteiger partial charge < -0.3 is 20.1 Å². The lowest BCUT2D eigenvalue weighted by Crippen LogP contribution is -2.22. The molecule has 3 rings (SSSR count). The van der Waals surface area contributed by atoms with Gasteiger partial charge in [-0.15, -0.1) is 0 Å². The van der Waals surface area contributed by atoms with Gasteiger partial charge in [-0.05, 0) is 43.3 Å². The van der Waals surface area contributed by atoms with Crippen molar-refractivity contribution in [1.29, 1.82) is 0 Å². The van der Waals surface area contributed by atoms with E-state index >= 15 is 0 Å². The van der Waals surface area contributed by atoms with Crippen LogP contribution in [0.25, 0.3) is 0 Å². The lowest BCUT2D eigenvalue weighted by molar-refractivity contribution is -0.118. The van der Waals surface area contributed by atoms with Crippen LogP contribution in [0, 0.1) is 0 Å². The van der Waals surface area contributed by atoms with Crippen molar-refractivity contribution in [3.05, 3.63) is 83.9 Å². The molecular formula is C24H22N2O5. The topological polar surface area (TPSA) is 93.7 Å². The van der Waals surface area contributed by atoms with Crippen molar-refractivity contribution in [1.82, 2.24) is 0 Å². The van der Waals surface area contributed by atoms with Crippen LogP contribution in [0.15, 0.2) is 72.8 Å². The van der Waals surface area contributed by atoms with Gasteiger partial charge in [0.25, 0.3) is 11.8 Å². The van der Waals surface area contributed by atoms with Gasteiger partial charge in [0.15, 0.2) is 12.4 Å². The predicted molar refractivity (Wildman–Crippen MR) is 118 cm³/mol. The van der Waals surface area contributed by atoms with Crippen LogP contribution in [0.1, 0.15) is 27.6 Å². The molecule has 0 aliphatic heterocycles. The van der Waals surface area contributed by atoms with E-state index in [4.69, 9.17) is 9.47 Å². The average molecular weight is 418 g/mol. The van der Waals surface area contributed by atoms with E-state index in [-0.39, 0.29) is 18.3 Å². The Kier molecular flexibility index (Phi) is 7.01. The highest BCUT2D eigenvalue weighted by atomic mass is 16.5. The summed E-state index contributed by atoms with van der Waals surface area (Å²) in [5.74, 6) is 0.122. The van der Waals surface area contributed by atoms with Crippen molar-refractivity contribution >= 4 is 29.0 Å². The van der Waals surface area contributed by atoms with Crippen molar-refractivity contribution < 1.29 is 23.9 Å². The van der Waals surface area contributed by atoms with Crippen LogP contribution in [0.3, 0.4) is 0 Å². The second-order valence-electron chi connectivity index (χ2n) is 6.65. The average Bonchev–Trinajstić information content (AvgIpc) is 2.78. The molecule has 2 amide bonds. The fourth-order valence-corrected chi connectivity index (χ4v) is 2.83. The van der Waals surface area contributed by atoms with Crippen LogP contribution in [-0.4, -0.2) is 31.3 Å². The number of carbonyl (C=O) groups excluding carboxylic acids is 3. The molecule has 0 heterocycles. The molecule has 0 spiro atoms. The molecule has 0 aliphatic rings. The number of amides is 2. The normalized spacial score (nSPS) is 10.1. The van der Waals surface area contributed by atoms with Gasteiger partial charge in [0.2, 0.25) is 0 Å². The zero-order chi connectivity index (χ0) is 22.2. The first-order valence-electron chi connectivity index (χ1n) is 9.54. The fraction of sp³-hybridized carbons (Fsp3) is 0.125. The van der Waals surface area contributed by atoms with E-state index in [0.29, 0.717) is 34.0 Å². The van der Waals surface area contributed by atoms with Gasteiger partial charge in [0.05, 0.1) is 18.4 Å². The molecule has 3 aromatic rings. The number of ketones is 1. The summed E-state index contributed by atoms with van der Waals surface area (Å²) in [5.41, 5.74) is 1.72. The summed E-state index contributed by atoms with van der Waals surface area (Å²) < 4.78 is 10.6. The molecule has 0 unspecified atom stereocenters. The lowest BCUT2D eigenvalue weighted by atomic mass is 10.1. The molecule has 0 saturated carbocycles. The van der Waals surface area contributed by atoms with Crippen LogP contribution < -0.4 is 20.1 Å². The number of hydrogen-bond acceptors (Lipinski definition) is 5. The Morgan fingerprint density at radius 2 is 1.58 bits per heavy atom. The van der Waals surface area contributed by atoms with Crippen molar-refractivity contribution in [3.8, 4) is 11.5 Å². The molecular weight excluding hydrogens is 396 g/mol. The Morgan fingerprint density at radius 1 is 0.839 bits per heavy atom. The number of carbonyl (C=O) groups is 3. The molecule has 3 aromatic carbocycles. The zero-order valence-corrected chi connectivity index (χ0v) is 17.2. The van der Waals surface area contributed by atoms with E-state index in [1.165, 1.54) is 6.92 Å². The standard InChI is InChI=1S/C24H22N2O5/c1-16(27)17-7-5-10-20(13-17)31-15-23(28)26-22-12-4-3-11-21(22)24(29)25-18-8-6-9-19(14-18)30-2/h3-14H,15H2,1-2H3,(H,25,29)(H,26,28). The molecule has 7 nitrogen and oxygen atoms in total. The number of benzene rings is 3. The third-order valence-corrected chi connectivity index (χ3v) is 4.38. The van der Waals surface area contributed by atoms with E-state index in [0.717, 1.165) is 0 Å². The minimum atomic E-state index is -0.435. The summed E-state index contributed by atoms with van der Waals surface area (Å²) in [6, 6.07) is 20.2. The van der Waals surface area contributed by atoms with Gasteiger partial charge >= 0.3 is 0 Å². The summed E-state index contributed by atoms with van der Waals surface area (Å²) >= 11 is 0. The summed E-state index contributed by atoms with van der Waals surface area (Å²) in [6.07, 6.45) is 0. The smallest absolute Gasteiger partial charge is 0.262 e. The molecule has 0 aliphatic carbocycles. The Balaban J connectivity index is 1.65. The van der Waals surface area contributed by atoms with Crippen molar-refractivity contribution in [2.75, 3.05) is 24.4 Å². The summed E-state index contributed by atoms with van der Waals surface area (Å²) in [4.78, 5) is 36.6. The van der Waals surface area contributed by atoms with E-state index < -0.39 is 5.91 Å². The molecule has 2 N–H and O–H groups in total. The lowest BCUT2D eigenvalue weighted by Gasteiger charge is -2.12. The maximum absolute atomic E-state index is 12.7. The van der Waals surface area contributed by atoms with Crippen LogP contribution in [0.2, 0.25) is 0 Å². The number of Topliss-reactive ketones (excluding diaryl/α,β-unsaturated/α-hetero) is 1. The molecule has 0 atom stereocenters. The van der Waals surface area contributed by atoms with Gasteiger partial charge in [0.1, 0.15) is 11.5 Å². The van der Waals surface area contributed by atoms with Crippen LogP contribution >= 0.6 is 0 Å². The van der Waals surface area contributed by atoms with Crippen molar-refractivity contribution in [2.45, 2.75) is 6.92 Å². The number of para-hydroxylation sites is 1. The van der Waals surface area contributed by atoms with E-state index in [1.54, 1.807) is 79.9 Å². The van der Waals surface area contributed by atoms with Crippen LogP contribution in [0.4, 0.5) is 11.4 Å². The molecule has 31 heavy (non-hydrogen) atoms. The monoisotopic (exact) mass is 418 g/mol. The van der Waals surface area contributed by atoms with E-state index in [9.17, 15) is 14.4 Å². The maximum Gasteiger partial charge on any atom is 0.262 e. The summed E-state index contributed by atoms with van der Waals surface area (Å²) in [7, 11) is 1.55. The third kappa shape index (κ3) is 5.93. The third-order valence-electron chi connectivity index (χ3n) is 4.38. The van der Waals surface area contributed by atoms with Gasteiger partial charge in [0, 0.05) is 17.3 Å². The maximum atomic E-state index is 12.7. The second kappa shape index (κ2) is 10.1.